The summed E-state index contributed by atoms with van der Waals surface area (Å²) in [6, 6.07) is 8.49. The summed E-state index contributed by atoms with van der Waals surface area (Å²) < 4.78 is 47.2. The quantitative estimate of drug-likeness (QED) is 0.642. The van der Waals surface area contributed by atoms with Gasteiger partial charge < -0.3 is 24.3 Å². The number of sulfonamides is 1. The maximum atomic E-state index is 13.0. The minimum absolute atomic E-state index is 0.180. The molecule has 2 aromatic carbocycles. The van der Waals surface area contributed by atoms with Crippen molar-refractivity contribution >= 4 is 27.3 Å². The van der Waals surface area contributed by atoms with E-state index in [0.29, 0.717) is 22.9 Å². The zero-order chi connectivity index (χ0) is 22.5. The molecule has 0 fully saturated rings. The van der Waals surface area contributed by atoms with Gasteiger partial charge in [0.15, 0.2) is 0 Å². The third kappa shape index (κ3) is 5.07. The predicted molar refractivity (Wildman–Crippen MR) is 115 cm³/mol. The molecule has 0 heterocycles. The van der Waals surface area contributed by atoms with Crippen LogP contribution in [0.3, 0.4) is 0 Å². The molecule has 0 aliphatic carbocycles. The fourth-order valence-corrected chi connectivity index (χ4v) is 4.07. The first-order valence-electron chi connectivity index (χ1n) is 8.90. The van der Waals surface area contributed by atoms with Crippen molar-refractivity contribution in [1.82, 2.24) is 0 Å². The summed E-state index contributed by atoms with van der Waals surface area (Å²) in [7, 11) is 1.97. The average molecular weight is 439 g/mol. The molecular formula is C20H26N2O7S. The lowest BCUT2D eigenvalue weighted by atomic mass is 10.2. The van der Waals surface area contributed by atoms with Crippen LogP contribution in [-0.2, 0) is 14.8 Å². The van der Waals surface area contributed by atoms with E-state index in [1.165, 1.54) is 41.4 Å². The van der Waals surface area contributed by atoms with E-state index in [1.54, 1.807) is 30.3 Å². The molecule has 0 unspecified atom stereocenters. The summed E-state index contributed by atoms with van der Waals surface area (Å²) >= 11 is 0. The van der Waals surface area contributed by atoms with Gasteiger partial charge in [-0.1, -0.05) is 0 Å². The summed E-state index contributed by atoms with van der Waals surface area (Å²) in [6.07, 6.45) is 1.02. The summed E-state index contributed by atoms with van der Waals surface area (Å²) in [6.45, 7) is 1.47. The van der Waals surface area contributed by atoms with Crippen molar-refractivity contribution in [3.05, 3.63) is 36.4 Å². The smallest absolute Gasteiger partial charge is 0.248 e. The van der Waals surface area contributed by atoms with Gasteiger partial charge in [-0.2, -0.15) is 0 Å². The van der Waals surface area contributed by atoms with E-state index < -0.39 is 22.0 Å². The average Bonchev–Trinajstić information content (AvgIpc) is 2.72. The van der Waals surface area contributed by atoms with Crippen molar-refractivity contribution in [2.75, 3.05) is 44.3 Å². The molecule has 0 spiro atoms. The fraction of sp³-hybridized carbons (Fsp3) is 0.350. The van der Waals surface area contributed by atoms with Gasteiger partial charge >= 0.3 is 0 Å². The van der Waals surface area contributed by atoms with Crippen molar-refractivity contribution < 1.29 is 32.2 Å². The van der Waals surface area contributed by atoms with E-state index >= 15 is 0 Å². The lowest BCUT2D eigenvalue weighted by Gasteiger charge is -2.29. The molecule has 0 radical (unpaired) electrons. The van der Waals surface area contributed by atoms with Crippen LogP contribution in [0.4, 0.5) is 11.4 Å². The summed E-state index contributed by atoms with van der Waals surface area (Å²) in [5.41, 5.74) is 0.527. The molecule has 10 heteroatoms. The van der Waals surface area contributed by atoms with Gasteiger partial charge in [-0.3, -0.25) is 9.10 Å². The Bertz CT molecular complexity index is 1010. The number of carbonyl (C=O) groups is 1. The third-order valence-electron chi connectivity index (χ3n) is 4.38. The molecule has 0 saturated carbocycles. The van der Waals surface area contributed by atoms with E-state index in [9.17, 15) is 13.2 Å². The molecule has 1 N–H and O–H groups in total. The van der Waals surface area contributed by atoms with Crippen molar-refractivity contribution in [1.29, 1.82) is 0 Å². The first kappa shape index (κ1) is 23.1. The fourth-order valence-electron chi connectivity index (χ4n) is 2.90. The van der Waals surface area contributed by atoms with Gasteiger partial charge in [-0.25, -0.2) is 8.42 Å². The summed E-state index contributed by atoms with van der Waals surface area (Å²) in [5, 5.41) is 2.70. The van der Waals surface area contributed by atoms with Crippen LogP contribution in [0.2, 0.25) is 0 Å². The van der Waals surface area contributed by atoms with E-state index in [4.69, 9.17) is 18.9 Å². The Morgan fingerprint density at radius 1 is 0.900 bits per heavy atom. The standard InChI is InChI=1S/C20H26N2O7S/c1-13(20(23)21-16-11-14(26-2)7-9-18(16)28-4)22(30(6,24)25)17-12-15(27-3)8-10-19(17)29-5/h7-13H,1-6H3,(H,21,23)/t13-/m1/s1. The predicted octanol–water partition coefficient (Wildman–Crippen LogP) is 2.51. The Labute approximate surface area is 176 Å². The van der Waals surface area contributed by atoms with E-state index in [2.05, 4.69) is 5.32 Å². The first-order valence-corrected chi connectivity index (χ1v) is 10.7. The number of ether oxygens (including phenoxy) is 4. The van der Waals surface area contributed by atoms with Gasteiger partial charge in [-0.05, 0) is 31.2 Å². The van der Waals surface area contributed by atoms with Crippen LogP contribution in [0, 0.1) is 0 Å². The van der Waals surface area contributed by atoms with E-state index in [1.807, 2.05) is 0 Å². The Morgan fingerprint density at radius 3 is 1.93 bits per heavy atom. The van der Waals surface area contributed by atoms with Gasteiger partial charge in [0.25, 0.3) is 0 Å². The lowest BCUT2D eigenvalue weighted by molar-refractivity contribution is -0.116. The number of nitrogens with zero attached hydrogens (tertiary/aromatic N) is 1. The van der Waals surface area contributed by atoms with Gasteiger partial charge in [0.05, 0.1) is 46.1 Å². The third-order valence-corrected chi connectivity index (χ3v) is 5.60. The maximum Gasteiger partial charge on any atom is 0.248 e. The van der Waals surface area contributed by atoms with Crippen LogP contribution >= 0.6 is 0 Å². The number of hydrogen-bond acceptors (Lipinski definition) is 7. The Kier molecular flexibility index (Phi) is 7.38. The monoisotopic (exact) mass is 438 g/mol. The van der Waals surface area contributed by atoms with Crippen LogP contribution in [0.25, 0.3) is 0 Å². The zero-order valence-electron chi connectivity index (χ0n) is 17.8. The minimum Gasteiger partial charge on any atom is -0.497 e. The number of carbonyl (C=O) groups excluding carboxylic acids is 1. The maximum absolute atomic E-state index is 13.0. The molecule has 0 aromatic heterocycles. The highest BCUT2D eigenvalue weighted by Crippen LogP contribution is 2.36. The van der Waals surface area contributed by atoms with E-state index in [0.717, 1.165) is 10.6 Å². The van der Waals surface area contributed by atoms with Gasteiger partial charge in [-0.15, -0.1) is 0 Å². The van der Waals surface area contributed by atoms with Crippen LogP contribution < -0.4 is 28.6 Å². The van der Waals surface area contributed by atoms with Crippen LogP contribution in [0.5, 0.6) is 23.0 Å². The SMILES string of the molecule is COc1ccc(OC)c(NC(=O)[C@@H](C)N(c2cc(OC)ccc2OC)S(C)(=O)=O)c1. The number of rotatable bonds is 9. The molecule has 9 nitrogen and oxygen atoms in total. The molecule has 2 rings (SSSR count). The number of amides is 1. The molecule has 0 aliphatic rings. The Hall–Kier alpha value is -3.14. The molecule has 2 aromatic rings. The molecule has 1 amide bonds. The largest absolute Gasteiger partial charge is 0.497 e. The minimum atomic E-state index is -3.86. The van der Waals surface area contributed by atoms with Crippen molar-refractivity contribution in [2.45, 2.75) is 13.0 Å². The molecule has 0 bridgehead atoms. The molecular weight excluding hydrogens is 412 g/mol. The van der Waals surface area contributed by atoms with Crippen LogP contribution in [0.15, 0.2) is 36.4 Å². The Balaban J connectivity index is 2.47. The normalized spacial score (nSPS) is 11.9. The second-order valence-electron chi connectivity index (χ2n) is 6.33. The highest BCUT2D eigenvalue weighted by molar-refractivity contribution is 7.92. The second kappa shape index (κ2) is 9.57. The van der Waals surface area contributed by atoms with Crippen LogP contribution in [0.1, 0.15) is 6.92 Å². The van der Waals surface area contributed by atoms with Crippen LogP contribution in [-0.4, -0.2) is 55.1 Å². The van der Waals surface area contributed by atoms with Gasteiger partial charge in [0, 0.05) is 12.1 Å². The van der Waals surface area contributed by atoms with E-state index in [-0.39, 0.29) is 11.4 Å². The molecule has 0 saturated heterocycles. The molecule has 1 atom stereocenters. The molecule has 164 valence electrons. The zero-order valence-corrected chi connectivity index (χ0v) is 18.6. The van der Waals surface area contributed by atoms with Crippen molar-refractivity contribution in [3.8, 4) is 23.0 Å². The number of anilines is 2. The second-order valence-corrected chi connectivity index (χ2v) is 8.19. The van der Waals surface area contributed by atoms with Crippen molar-refractivity contribution in [3.63, 3.8) is 0 Å². The number of hydrogen-bond donors (Lipinski definition) is 1. The highest BCUT2D eigenvalue weighted by Gasteiger charge is 2.32. The number of benzene rings is 2. The highest BCUT2D eigenvalue weighted by atomic mass is 32.2. The van der Waals surface area contributed by atoms with Gasteiger partial charge in [0.2, 0.25) is 15.9 Å². The van der Waals surface area contributed by atoms with Gasteiger partial charge in [0.1, 0.15) is 29.0 Å². The van der Waals surface area contributed by atoms with Crippen molar-refractivity contribution in [2.24, 2.45) is 0 Å². The lowest BCUT2D eigenvalue weighted by Crippen LogP contribution is -2.45. The molecule has 30 heavy (non-hydrogen) atoms. The first-order chi connectivity index (χ1) is 14.2. The summed E-state index contributed by atoms with van der Waals surface area (Å²) in [5.74, 6) is 1.03. The topological polar surface area (TPSA) is 103 Å². The summed E-state index contributed by atoms with van der Waals surface area (Å²) in [4.78, 5) is 13.0. The number of methoxy groups -OCH3 is 4. The Morgan fingerprint density at radius 2 is 1.43 bits per heavy atom. The number of nitrogens with one attached hydrogen (secondary N) is 1. The molecule has 0 aliphatic heterocycles.